The number of benzene rings is 1. The fraction of sp³-hybridized carbons (Fsp3) is 0.562. The van der Waals surface area contributed by atoms with Crippen LogP contribution in [0.1, 0.15) is 31.9 Å². The monoisotopic (exact) mass is 343 g/mol. The van der Waals surface area contributed by atoms with Gasteiger partial charge in [-0.05, 0) is 44.0 Å². The Morgan fingerprint density at radius 1 is 1.50 bits per heavy atom. The smallest absolute Gasteiger partial charge is 0.249 e. The third-order valence-electron chi connectivity index (χ3n) is 3.50. The zero-order valence-electron chi connectivity index (χ0n) is 12.9. The highest BCUT2D eigenvalue weighted by Gasteiger charge is 2.24. The second-order valence-electron chi connectivity index (χ2n) is 5.09. The number of carbonyl (C=O) groups excluding carboxylic acids is 1. The summed E-state index contributed by atoms with van der Waals surface area (Å²) in [5.41, 5.74) is 1.10. The van der Waals surface area contributed by atoms with Crippen LogP contribution < -0.4 is 5.32 Å². The number of halogens is 1. The summed E-state index contributed by atoms with van der Waals surface area (Å²) in [4.78, 5) is 13.4. The molecular weight excluding hydrogens is 322 g/mol. The van der Waals surface area contributed by atoms with Crippen LogP contribution in [0.2, 0.25) is 5.02 Å². The SMILES string of the molecule is CCOCCOC(C)C(=O)NC1CCSc2ccc(Cl)cc21. The van der Waals surface area contributed by atoms with Crippen LogP contribution in [0.5, 0.6) is 0 Å². The van der Waals surface area contributed by atoms with Crippen molar-refractivity contribution in [1.82, 2.24) is 5.32 Å². The van der Waals surface area contributed by atoms with Gasteiger partial charge in [-0.15, -0.1) is 11.8 Å². The van der Waals surface area contributed by atoms with Crippen LogP contribution in [0.25, 0.3) is 0 Å². The molecule has 1 aliphatic heterocycles. The highest BCUT2D eigenvalue weighted by Crippen LogP contribution is 2.37. The maximum absolute atomic E-state index is 12.3. The van der Waals surface area contributed by atoms with E-state index in [0.29, 0.717) is 24.8 Å². The largest absolute Gasteiger partial charge is 0.379 e. The first-order valence-electron chi connectivity index (χ1n) is 7.53. The second-order valence-corrected chi connectivity index (χ2v) is 6.66. The van der Waals surface area contributed by atoms with E-state index in [1.54, 1.807) is 18.7 Å². The summed E-state index contributed by atoms with van der Waals surface area (Å²) >= 11 is 7.88. The number of thioether (sulfide) groups is 1. The molecule has 2 rings (SSSR count). The van der Waals surface area contributed by atoms with Gasteiger partial charge in [-0.3, -0.25) is 4.79 Å². The third-order valence-corrected chi connectivity index (χ3v) is 4.85. The van der Waals surface area contributed by atoms with E-state index in [1.807, 2.05) is 25.1 Å². The Bertz CT molecular complexity index is 512. The van der Waals surface area contributed by atoms with E-state index < -0.39 is 6.10 Å². The molecule has 0 saturated heterocycles. The Hall–Kier alpha value is -0.750. The summed E-state index contributed by atoms with van der Waals surface area (Å²) in [5, 5.41) is 3.76. The minimum absolute atomic E-state index is 0.000363. The van der Waals surface area contributed by atoms with E-state index >= 15 is 0 Å². The zero-order valence-corrected chi connectivity index (χ0v) is 14.5. The summed E-state index contributed by atoms with van der Waals surface area (Å²) in [6.45, 7) is 5.27. The quantitative estimate of drug-likeness (QED) is 0.770. The molecule has 1 aromatic rings. The third kappa shape index (κ3) is 4.88. The Kier molecular flexibility index (Phi) is 7.02. The minimum atomic E-state index is -0.488. The van der Waals surface area contributed by atoms with Crippen molar-refractivity contribution in [2.24, 2.45) is 0 Å². The van der Waals surface area contributed by atoms with Gasteiger partial charge in [0.1, 0.15) is 6.10 Å². The molecule has 0 radical (unpaired) electrons. The topological polar surface area (TPSA) is 47.6 Å². The molecule has 0 saturated carbocycles. The van der Waals surface area contributed by atoms with Crippen molar-refractivity contribution in [2.75, 3.05) is 25.6 Å². The number of nitrogens with one attached hydrogen (secondary N) is 1. The van der Waals surface area contributed by atoms with Gasteiger partial charge in [0.2, 0.25) is 5.91 Å². The number of hydrogen-bond donors (Lipinski definition) is 1. The van der Waals surface area contributed by atoms with Crippen molar-refractivity contribution in [3.05, 3.63) is 28.8 Å². The summed E-state index contributed by atoms with van der Waals surface area (Å²) in [6, 6.07) is 5.84. The fourth-order valence-corrected chi connectivity index (χ4v) is 3.59. The lowest BCUT2D eigenvalue weighted by Crippen LogP contribution is -2.38. The fourth-order valence-electron chi connectivity index (χ4n) is 2.31. The molecule has 6 heteroatoms. The van der Waals surface area contributed by atoms with Crippen molar-refractivity contribution in [3.63, 3.8) is 0 Å². The molecule has 1 heterocycles. The molecule has 1 aromatic carbocycles. The van der Waals surface area contributed by atoms with E-state index in [-0.39, 0.29) is 11.9 Å². The number of hydrogen-bond acceptors (Lipinski definition) is 4. The highest BCUT2D eigenvalue weighted by atomic mass is 35.5. The van der Waals surface area contributed by atoms with E-state index in [4.69, 9.17) is 21.1 Å². The van der Waals surface area contributed by atoms with Gasteiger partial charge in [-0.25, -0.2) is 0 Å². The standard InChI is InChI=1S/C16H22ClNO3S/c1-3-20-7-8-21-11(2)16(19)18-14-6-9-22-15-5-4-12(17)10-13(14)15/h4-5,10-11,14H,3,6-9H2,1-2H3,(H,18,19). The average molecular weight is 344 g/mol. The van der Waals surface area contributed by atoms with Crippen molar-refractivity contribution >= 4 is 29.3 Å². The first-order chi connectivity index (χ1) is 10.6. The normalized spacial score (nSPS) is 18.6. The minimum Gasteiger partial charge on any atom is -0.379 e. The average Bonchev–Trinajstić information content (AvgIpc) is 2.52. The van der Waals surface area contributed by atoms with Crippen molar-refractivity contribution in [1.29, 1.82) is 0 Å². The first-order valence-corrected chi connectivity index (χ1v) is 8.90. The molecule has 1 aliphatic rings. The van der Waals surface area contributed by atoms with Crippen molar-refractivity contribution in [3.8, 4) is 0 Å². The van der Waals surface area contributed by atoms with Gasteiger partial charge < -0.3 is 14.8 Å². The molecule has 2 unspecified atom stereocenters. The summed E-state index contributed by atoms with van der Waals surface area (Å²) in [7, 11) is 0. The molecule has 2 atom stereocenters. The van der Waals surface area contributed by atoms with Crippen molar-refractivity contribution < 1.29 is 14.3 Å². The Morgan fingerprint density at radius 2 is 2.32 bits per heavy atom. The highest BCUT2D eigenvalue weighted by molar-refractivity contribution is 7.99. The molecule has 1 N–H and O–H groups in total. The van der Waals surface area contributed by atoms with E-state index in [9.17, 15) is 4.79 Å². The van der Waals surface area contributed by atoms with Gasteiger partial charge in [-0.1, -0.05) is 11.6 Å². The molecule has 0 fully saturated rings. The Balaban J connectivity index is 1.91. The van der Waals surface area contributed by atoms with Gasteiger partial charge >= 0.3 is 0 Å². The lowest BCUT2D eigenvalue weighted by Gasteiger charge is -2.27. The van der Waals surface area contributed by atoms with Gasteiger partial charge in [-0.2, -0.15) is 0 Å². The van der Waals surface area contributed by atoms with E-state index in [0.717, 1.165) is 17.7 Å². The number of rotatable bonds is 7. The number of fused-ring (bicyclic) bond motifs is 1. The maximum atomic E-state index is 12.3. The molecule has 0 aromatic heterocycles. The Morgan fingerprint density at radius 3 is 3.09 bits per heavy atom. The van der Waals surface area contributed by atoms with Gasteiger partial charge in [0.15, 0.2) is 0 Å². The molecule has 0 aliphatic carbocycles. The summed E-state index contributed by atoms with van der Waals surface area (Å²) in [6.07, 6.45) is 0.410. The van der Waals surface area contributed by atoms with Gasteiger partial charge in [0.25, 0.3) is 0 Å². The van der Waals surface area contributed by atoms with Gasteiger partial charge in [0, 0.05) is 22.3 Å². The van der Waals surface area contributed by atoms with Crippen LogP contribution >= 0.6 is 23.4 Å². The van der Waals surface area contributed by atoms with Crippen molar-refractivity contribution in [2.45, 2.75) is 37.3 Å². The van der Waals surface area contributed by atoms with Crippen LogP contribution in [0.4, 0.5) is 0 Å². The van der Waals surface area contributed by atoms with Crippen LogP contribution in [0, 0.1) is 0 Å². The summed E-state index contributed by atoms with van der Waals surface area (Å²) in [5.74, 6) is 0.887. The van der Waals surface area contributed by atoms with Crippen LogP contribution in [-0.4, -0.2) is 37.6 Å². The molecule has 0 bridgehead atoms. The Labute approximate surface area is 140 Å². The second kappa shape index (κ2) is 8.77. The maximum Gasteiger partial charge on any atom is 0.249 e. The first kappa shape index (κ1) is 17.6. The van der Waals surface area contributed by atoms with Crippen LogP contribution in [0.3, 0.4) is 0 Å². The van der Waals surface area contributed by atoms with Gasteiger partial charge in [0.05, 0.1) is 19.3 Å². The van der Waals surface area contributed by atoms with Crippen LogP contribution in [0.15, 0.2) is 23.1 Å². The number of carbonyl (C=O) groups is 1. The van der Waals surface area contributed by atoms with E-state index in [1.165, 1.54) is 4.90 Å². The molecule has 1 amide bonds. The summed E-state index contributed by atoms with van der Waals surface area (Å²) < 4.78 is 10.7. The molecule has 4 nitrogen and oxygen atoms in total. The zero-order chi connectivity index (χ0) is 15.9. The number of ether oxygens (including phenoxy) is 2. The molecular formula is C16H22ClNO3S. The molecule has 22 heavy (non-hydrogen) atoms. The van der Waals surface area contributed by atoms with Crippen LogP contribution in [-0.2, 0) is 14.3 Å². The molecule has 122 valence electrons. The lowest BCUT2D eigenvalue weighted by molar-refractivity contribution is -0.133. The van der Waals surface area contributed by atoms with E-state index in [2.05, 4.69) is 5.32 Å². The number of amides is 1. The lowest BCUT2D eigenvalue weighted by atomic mass is 10.0. The predicted molar refractivity (Wildman–Crippen MR) is 89.6 cm³/mol. The molecule has 0 spiro atoms. The predicted octanol–water partition coefficient (Wildman–Crippen LogP) is 3.43.